The third-order valence-corrected chi connectivity index (χ3v) is 5.01. The van der Waals surface area contributed by atoms with E-state index >= 15 is 0 Å². The molecule has 0 aromatic heterocycles. The van der Waals surface area contributed by atoms with E-state index in [1.165, 1.54) is 13.0 Å². The van der Waals surface area contributed by atoms with Crippen molar-refractivity contribution < 1.29 is 21.6 Å². The summed E-state index contributed by atoms with van der Waals surface area (Å²) in [5, 5.41) is 2.13. The maximum absolute atomic E-state index is 12.6. The van der Waals surface area contributed by atoms with Crippen LogP contribution in [0.4, 0.5) is 13.2 Å². The minimum atomic E-state index is -4.40. The van der Waals surface area contributed by atoms with Crippen LogP contribution in [0.25, 0.3) is 0 Å². The van der Waals surface area contributed by atoms with Gasteiger partial charge in [0.2, 0.25) is 0 Å². The quantitative estimate of drug-likeness (QED) is 0.930. The number of aryl methyl sites for hydroxylation is 1. The first-order chi connectivity index (χ1) is 8.98. The SMILES string of the molecule is CNC(c1ccc(C(F)(F)F)cc1C)C(C)S(C)(=O)=O. The van der Waals surface area contributed by atoms with Gasteiger partial charge in [0.05, 0.1) is 10.8 Å². The Hall–Kier alpha value is -1.08. The van der Waals surface area contributed by atoms with Crippen LogP contribution < -0.4 is 5.32 Å². The monoisotopic (exact) mass is 309 g/mol. The van der Waals surface area contributed by atoms with Crippen LogP contribution in [0.2, 0.25) is 0 Å². The van der Waals surface area contributed by atoms with E-state index in [0.29, 0.717) is 11.1 Å². The molecule has 3 nitrogen and oxygen atoms in total. The average molecular weight is 309 g/mol. The summed E-state index contributed by atoms with van der Waals surface area (Å²) in [6.45, 7) is 3.08. The van der Waals surface area contributed by atoms with Crippen molar-refractivity contribution >= 4 is 9.84 Å². The van der Waals surface area contributed by atoms with Crippen LogP contribution in [-0.4, -0.2) is 27.0 Å². The van der Waals surface area contributed by atoms with E-state index in [0.717, 1.165) is 18.4 Å². The van der Waals surface area contributed by atoms with Gasteiger partial charge in [-0.3, -0.25) is 0 Å². The van der Waals surface area contributed by atoms with Gasteiger partial charge >= 0.3 is 6.18 Å². The van der Waals surface area contributed by atoms with Crippen molar-refractivity contribution in [2.45, 2.75) is 31.3 Å². The maximum atomic E-state index is 12.6. The topological polar surface area (TPSA) is 46.2 Å². The largest absolute Gasteiger partial charge is 0.416 e. The molecular formula is C13H18F3NO2S. The molecule has 1 rings (SSSR count). The molecule has 114 valence electrons. The highest BCUT2D eigenvalue weighted by Gasteiger charge is 2.32. The first kappa shape index (κ1) is 17.0. The summed E-state index contributed by atoms with van der Waals surface area (Å²) >= 11 is 0. The summed E-state index contributed by atoms with van der Waals surface area (Å²) in [6, 6.07) is 2.80. The third-order valence-electron chi connectivity index (χ3n) is 3.39. The van der Waals surface area contributed by atoms with Crippen LogP contribution in [0, 0.1) is 6.92 Å². The summed E-state index contributed by atoms with van der Waals surface area (Å²) in [5.74, 6) is 0. The minimum Gasteiger partial charge on any atom is -0.312 e. The normalized spacial score (nSPS) is 15.9. The number of rotatable bonds is 4. The molecule has 0 aliphatic rings. The fourth-order valence-corrected chi connectivity index (χ4v) is 2.87. The highest BCUT2D eigenvalue weighted by molar-refractivity contribution is 7.91. The lowest BCUT2D eigenvalue weighted by atomic mass is 9.97. The Labute approximate surface area is 117 Å². The number of hydrogen-bond acceptors (Lipinski definition) is 3. The molecule has 0 spiro atoms. The zero-order chi connectivity index (χ0) is 15.7. The lowest BCUT2D eigenvalue weighted by Gasteiger charge is -2.24. The second-order valence-electron chi connectivity index (χ2n) is 4.87. The predicted molar refractivity (Wildman–Crippen MR) is 72.3 cm³/mol. The maximum Gasteiger partial charge on any atom is 0.416 e. The van der Waals surface area contributed by atoms with Crippen molar-refractivity contribution in [3.8, 4) is 0 Å². The lowest BCUT2D eigenvalue weighted by Crippen LogP contribution is -2.33. The van der Waals surface area contributed by atoms with Crippen molar-refractivity contribution in [1.82, 2.24) is 5.32 Å². The molecule has 20 heavy (non-hydrogen) atoms. The Balaban J connectivity index is 3.25. The zero-order valence-electron chi connectivity index (χ0n) is 11.7. The fourth-order valence-electron chi connectivity index (χ4n) is 2.09. The number of benzene rings is 1. The summed E-state index contributed by atoms with van der Waals surface area (Å²) in [6.07, 6.45) is -3.29. The van der Waals surface area contributed by atoms with Crippen molar-refractivity contribution in [3.05, 3.63) is 34.9 Å². The number of hydrogen-bond donors (Lipinski definition) is 1. The molecule has 0 aliphatic carbocycles. The van der Waals surface area contributed by atoms with Crippen LogP contribution >= 0.6 is 0 Å². The molecule has 0 radical (unpaired) electrons. The van der Waals surface area contributed by atoms with E-state index in [-0.39, 0.29) is 0 Å². The van der Waals surface area contributed by atoms with Gasteiger partial charge in [-0.1, -0.05) is 6.07 Å². The molecule has 0 saturated heterocycles. The number of alkyl halides is 3. The molecule has 1 aromatic carbocycles. The van der Waals surface area contributed by atoms with Crippen molar-refractivity contribution in [2.24, 2.45) is 0 Å². The van der Waals surface area contributed by atoms with Crippen LogP contribution in [0.15, 0.2) is 18.2 Å². The molecule has 7 heteroatoms. The summed E-state index contributed by atoms with van der Waals surface area (Å²) in [5.41, 5.74) is 0.230. The highest BCUT2D eigenvalue weighted by atomic mass is 32.2. The van der Waals surface area contributed by atoms with Gasteiger partial charge in [0, 0.05) is 12.3 Å². The molecule has 1 N–H and O–H groups in total. The first-order valence-electron chi connectivity index (χ1n) is 6.02. The van der Waals surface area contributed by atoms with E-state index in [9.17, 15) is 21.6 Å². The summed E-state index contributed by atoms with van der Waals surface area (Å²) in [7, 11) is -1.72. The van der Waals surface area contributed by atoms with E-state index in [1.807, 2.05) is 0 Å². The number of sulfone groups is 1. The molecule has 0 saturated carbocycles. The molecule has 0 bridgehead atoms. The van der Waals surface area contributed by atoms with Crippen molar-refractivity contribution in [3.63, 3.8) is 0 Å². The second-order valence-corrected chi connectivity index (χ2v) is 7.27. The van der Waals surface area contributed by atoms with Gasteiger partial charge in [-0.15, -0.1) is 0 Å². The Morgan fingerprint density at radius 2 is 1.80 bits per heavy atom. The molecule has 0 aliphatic heterocycles. The summed E-state index contributed by atoms with van der Waals surface area (Å²) < 4.78 is 61.1. The number of halogens is 3. The molecular weight excluding hydrogens is 291 g/mol. The third kappa shape index (κ3) is 3.73. The first-order valence-corrected chi connectivity index (χ1v) is 7.97. The van der Waals surface area contributed by atoms with Gasteiger partial charge in [0.15, 0.2) is 9.84 Å². The smallest absolute Gasteiger partial charge is 0.312 e. The number of nitrogens with one attached hydrogen (secondary N) is 1. The van der Waals surface area contributed by atoms with Gasteiger partial charge in [0.1, 0.15) is 0 Å². The fraction of sp³-hybridized carbons (Fsp3) is 0.538. The molecule has 2 unspecified atom stereocenters. The van der Waals surface area contributed by atoms with Crippen LogP contribution in [0.1, 0.15) is 29.7 Å². The second kappa shape index (κ2) is 5.73. The van der Waals surface area contributed by atoms with Crippen molar-refractivity contribution in [2.75, 3.05) is 13.3 Å². The van der Waals surface area contributed by atoms with E-state index in [4.69, 9.17) is 0 Å². The lowest BCUT2D eigenvalue weighted by molar-refractivity contribution is -0.137. The Kier molecular flexibility index (Phi) is 4.86. The predicted octanol–water partition coefficient (Wildman–Crippen LogP) is 2.71. The molecule has 0 fully saturated rings. The Morgan fingerprint density at radius 1 is 1.25 bits per heavy atom. The van der Waals surface area contributed by atoms with Crippen molar-refractivity contribution in [1.29, 1.82) is 0 Å². The average Bonchev–Trinajstić information content (AvgIpc) is 2.29. The van der Waals surface area contributed by atoms with Gasteiger partial charge < -0.3 is 5.32 Å². The van der Waals surface area contributed by atoms with Gasteiger partial charge in [-0.2, -0.15) is 13.2 Å². The van der Waals surface area contributed by atoms with Crippen LogP contribution in [0.3, 0.4) is 0 Å². The van der Waals surface area contributed by atoms with E-state index < -0.39 is 32.9 Å². The Bertz CT molecular complexity index is 582. The zero-order valence-corrected chi connectivity index (χ0v) is 12.6. The van der Waals surface area contributed by atoms with Gasteiger partial charge in [-0.25, -0.2) is 8.42 Å². The van der Waals surface area contributed by atoms with E-state index in [2.05, 4.69) is 5.32 Å². The van der Waals surface area contributed by atoms with Crippen LogP contribution in [-0.2, 0) is 16.0 Å². The molecule has 2 atom stereocenters. The van der Waals surface area contributed by atoms with Crippen LogP contribution in [0.5, 0.6) is 0 Å². The van der Waals surface area contributed by atoms with E-state index in [1.54, 1.807) is 14.0 Å². The summed E-state index contributed by atoms with van der Waals surface area (Å²) in [4.78, 5) is 0. The Morgan fingerprint density at radius 3 is 2.15 bits per heavy atom. The highest BCUT2D eigenvalue weighted by Crippen LogP contribution is 2.32. The molecule has 0 heterocycles. The standard InChI is InChI=1S/C13H18F3NO2S/c1-8-7-10(13(14,15)16)5-6-11(8)12(17-3)9(2)20(4,18)19/h5-7,9,12,17H,1-4H3. The molecule has 0 amide bonds. The minimum absolute atomic E-state index is 0.412. The van der Waals surface area contributed by atoms with Gasteiger partial charge in [-0.05, 0) is 44.2 Å². The van der Waals surface area contributed by atoms with Gasteiger partial charge in [0.25, 0.3) is 0 Å². The molecule has 1 aromatic rings.